The van der Waals surface area contributed by atoms with Crippen molar-refractivity contribution in [2.75, 3.05) is 26.4 Å². The van der Waals surface area contributed by atoms with Crippen LogP contribution in [0, 0.1) is 0 Å². The van der Waals surface area contributed by atoms with E-state index in [1.165, 1.54) is 4.90 Å². The van der Waals surface area contributed by atoms with Crippen molar-refractivity contribution in [3.63, 3.8) is 0 Å². The molecular formula is C20H27NO7. The van der Waals surface area contributed by atoms with Gasteiger partial charge in [-0.3, -0.25) is 4.90 Å². The van der Waals surface area contributed by atoms with Gasteiger partial charge in [0, 0.05) is 13.0 Å². The van der Waals surface area contributed by atoms with Gasteiger partial charge in [-0.15, -0.1) is 0 Å². The van der Waals surface area contributed by atoms with E-state index in [0.29, 0.717) is 19.8 Å². The van der Waals surface area contributed by atoms with Crippen molar-refractivity contribution < 1.29 is 33.6 Å². The summed E-state index contributed by atoms with van der Waals surface area (Å²) in [5, 5.41) is 9.43. The van der Waals surface area contributed by atoms with Crippen molar-refractivity contribution in [3.05, 3.63) is 35.9 Å². The smallest absolute Gasteiger partial charge is 0.410 e. The number of ether oxygens (including phenoxy) is 4. The highest BCUT2D eigenvalue weighted by Gasteiger charge is 2.41. The van der Waals surface area contributed by atoms with Gasteiger partial charge >= 0.3 is 12.1 Å². The highest BCUT2D eigenvalue weighted by atomic mass is 16.7. The molecule has 1 unspecified atom stereocenters. The normalized spacial score (nSPS) is 24.9. The van der Waals surface area contributed by atoms with Gasteiger partial charge in [-0.2, -0.15) is 0 Å². The Kier molecular flexibility index (Phi) is 7.64. The fraction of sp³-hybridized carbons (Fsp3) is 0.600. The topological polar surface area (TPSA) is 94.5 Å². The van der Waals surface area contributed by atoms with Crippen LogP contribution in [-0.4, -0.2) is 66.9 Å². The predicted molar refractivity (Wildman–Crippen MR) is 98.7 cm³/mol. The lowest BCUT2D eigenvalue weighted by atomic mass is 10.2. The molecule has 2 saturated heterocycles. The summed E-state index contributed by atoms with van der Waals surface area (Å²) in [6, 6.07) is 8.31. The third-order valence-electron chi connectivity index (χ3n) is 4.87. The number of hydrogen-bond donors (Lipinski definition) is 1. The monoisotopic (exact) mass is 393 g/mol. The maximum absolute atomic E-state index is 12.4. The van der Waals surface area contributed by atoms with Crippen LogP contribution in [0.5, 0.6) is 0 Å². The SMILES string of the molecule is O=C(O)[C@@H]1C[C@@H](OCCOC2CCCCO2)CN1C(=O)OCc1ccccc1. The molecule has 1 aromatic rings. The first-order chi connectivity index (χ1) is 13.6. The van der Waals surface area contributed by atoms with Crippen LogP contribution in [0.2, 0.25) is 0 Å². The molecule has 2 heterocycles. The number of carboxylic acids is 1. The van der Waals surface area contributed by atoms with Gasteiger partial charge < -0.3 is 24.1 Å². The minimum absolute atomic E-state index is 0.100. The number of likely N-dealkylation sites (tertiary alicyclic amines) is 1. The number of nitrogens with zero attached hydrogens (tertiary/aromatic N) is 1. The van der Waals surface area contributed by atoms with Crippen molar-refractivity contribution in [1.29, 1.82) is 0 Å². The zero-order valence-corrected chi connectivity index (χ0v) is 15.8. The average molecular weight is 393 g/mol. The van der Waals surface area contributed by atoms with E-state index in [4.69, 9.17) is 18.9 Å². The van der Waals surface area contributed by atoms with Gasteiger partial charge in [-0.05, 0) is 24.8 Å². The standard InChI is InChI=1S/C20H27NO7/c22-19(23)17-12-16(25-10-11-27-18-8-4-5-9-26-18)13-21(17)20(24)28-14-15-6-2-1-3-7-15/h1-3,6-7,16-18H,4-5,8-14H2,(H,22,23)/t16-,17+,18?/m1/s1. The zero-order valence-electron chi connectivity index (χ0n) is 15.8. The predicted octanol–water partition coefficient (Wildman–Crippen LogP) is 2.41. The highest BCUT2D eigenvalue weighted by molar-refractivity contribution is 5.80. The molecule has 8 heteroatoms. The van der Waals surface area contributed by atoms with Gasteiger partial charge in [0.15, 0.2) is 6.29 Å². The molecule has 2 fully saturated rings. The second-order valence-corrected chi connectivity index (χ2v) is 6.94. The number of aliphatic carboxylic acids is 1. The number of hydrogen-bond acceptors (Lipinski definition) is 6. The molecule has 0 aromatic heterocycles. The average Bonchev–Trinajstić information content (AvgIpc) is 3.16. The second-order valence-electron chi connectivity index (χ2n) is 6.94. The Hall–Kier alpha value is -2.16. The number of rotatable bonds is 8. The van der Waals surface area contributed by atoms with Crippen LogP contribution in [0.4, 0.5) is 4.79 Å². The van der Waals surface area contributed by atoms with E-state index < -0.39 is 18.1 Å². The summed E-state index contributed by atoms with van der Waals surface area (Å²) in [5.41, 5.74) is 0.844. The molecule has 0 aliphatic carbocycles. The summed E-state index contributed by atoms with van der Waals surface area (Å²) < 4.78 is 22.1. The summed E-state index contributed by atoms with van der Waals surface area (Å²) in [6.45, 7) is 1.70. The lowest BCUT2D eigenvalue weighted by molar-refractivity contribution is -0.171. The first kappa shape index (κ1) is 20.6. The Labute approximate surface area is 164 Å². The second kappa shape index (κ2) is 10.4. The van der Waals surface area contributed by atoms with Crippen molar-refractivity contribution in [1.82, 2.24) is 4.90 Å². The molecule has 2 aliphatic heterocycles. The quantitative estimate of drug-likeness (QED) is 0.678. The van der Waals surface area contributed by atoms with E-state index in [-0.39, 0.29) is 32.0 Å². The Morgan fingerprint density at radius 1 is 1.14 bits per heavy atom. The van der Waals surface area contributed by atoms with Crippen molar-refractivity contribution >= 4 is 12.1 Å². The minimum Gasteiger partial charge on any atom is -0.480 e. The molecule has 1 N–H and O–H groups in total. The number of benzene rings is 1. The molecule has 1 amide bonds. The zero-order chi connectivity index (χ0) is 19.8. The lowest BCUT2D eigenvalue weighted by Crippen LogP contribution is -2.40. The van der Waals surface area contributed by atoms with Gasteiger partial charge in [0.2, 0.25) is 0 Å². The molecule has 0 bridgehead atoms. The largest absolute Gasteiger partial charge is 0.480 e. The number of amides is 1. The summed E-state index contributed by atoms with van der Waals surface area (Å²) in [7, 11) is 0. The van der Waals surface area contributed by atoms with Crippen LogP contribution in [0.15, 0.2) is 30.3 Å². The molecule has 154 valence electrons. The van der Waals surface area contributed by atoms with Crippen LogP contribution in [-0.2, 0) is 30.3 Å². The fourth-order valence-electron chi connectivity index (χ4n) is 3.39. The summed E-state index contributed by atoms with van der Waals surface area (Å²) in [6.07, 6.45) is 2.08. The maximum atomic E-state index is 12.4. The Morgan fingerprint density at radius 3 is 2.64 bits per heavy atom. The third kappa shape index (κ3) is 5.92. The summed E-state index contributed by atoms with van der Waals surface area (Å²) in [4.78, 5) is 25.1. The Bertz CT molecular complexity index is 633. The number of carbonyl (C=O) groups excluding carboxylic acids is 1. The summed E-state index contributed by atoms with van der Waals surface area (Å²) in [5.74, 6) is -1.06. The lowest BCUT2D eigenvalue weighted by Gasteiger charge is -2.23. The van der Waals surface area contributed by atoms with Crippen LogP contribution < -0.4 is 0 Å². The number of carbonyl (C=O) groups is 2. The van der Waals surface area contributed by atoms with Crippen molar-refractivity contribution in [3.8, 4) is 0 Å². The molecule has 1 aromatic carbocycles. The van der Waals surface area contributed by atoms with Crippen LogP contribution in [0.3, 0.4) is 0 Å². The molecule has 3 rings (SSSR count). The molecule has 0 radical (unpaired) electrons. The van der Waals surface area contributed by atoms with Gasteiger partial charge in [0.05, 0.1) is 25.9 Å². The molecule has 8 nitrogen and oxygen atoms in total. The van der Waals surface area contributed by atoms with E-state index >= 15 is 0 Å². The summed E-state index contributed by atoms with van der Waals surface area (Å²) >= 11 is 0. The van der Waals surface area contributed by atoms with E-state index in [9.17, 15) is 14.7 Å². The van der Waals surface area contributed by atoms with Crippen molar-refractivity contribution in [2.45, 2.75) is 50.7 Å². The van der Waals surface area contributed by atoms with Crippen LogP contribution >= 0.6 is 0 Å². The van der Waals surface area contributed by atoms with E-state index in [0.717, 1.165) is 24.8 Å². The third-order valence-corrected chi connectivity index (χ3v) is 4.87. The Morgan fingerprint density at radius 2 is 1.93 bits per heavy atom. The minimum atomic E-state index is -1.06. The first-order valence-corrected chi connectivity index (χ1v) is 9.68. The molecule has 0 spiro atoms. The van der Waals surface area contributed by atoms with E-state index in [1.54, 1.807) is 0 Å². The van der Waals surface area contributed by atoms with Gasteiger partial charge in [0.25, 0.3) is 0 Å². The van der Waals surface area contributed by atoms with Crippen LogP contribution in [0.1, 0.15) is 31.2 Å². The van der Waals surface area contributed by atoms with Gasteiger partial charge in [0.1, 0.15) is 12.6 Å². The van der Waals surface area contributed by atoms with E-state index in [1.807, 2.05) is 30.3 Å². The van der Waals surface area contributed by atoms with E-state index in [2.05, 4.69) is 0 Å². The molecule has 2 aliphatic rings. The highest BCUT2D eigenvalue weighted by Crippen LogP contribution is 2.22. The van der Waals surface area contributed by atoms with Crippen molar-refractivity contribution in [2.24, 2.45) is 0 Å². The first-order valence-electron chi connectivity index (χ1n) is 9.68. The molecule has 0 saturated carbocycles. The Balaban J connectivity index is 1.42. The molecule has 28 heavy (non-hydrogen) atoms. The van der Waals surface area contributed by atoms with Gasteiger partial charge in [-0.25, -0.2) is 9.59 Å². The maximum Gasteiger partial charge on any atom is 0.410 e. The molecular weight excluding hydrogens is 366 g/mol. The fourth-order valence-corrected chi connectivity index (χ4v) is 3.39. The number of carboxylic acid groups (broad SMARTS) is 1. The van der Waals surface area contributed by atoms with Gasteiger partial charge in [-0.1, -0.05) is 30.3 Å². The van der Waals surface area contributed by atoms with Crippen LogP contribution in [0.25, 0.3) is 0 Å². The molecule has 3 atom stereocenters.